The minimum absolute atomic E-state index is 0. The number of hydrogen-bond acceptors (Lipinski definition) is 7. The van der Waals surface area contributed by atoms with E-state index in [1.54, 1.807) is 41.8 Å². The molecular formula is C20H30N6O3S. The van der Waals surface area contributed by atoms with Crippen LogP contribution >= 0.6 is 0 Å². The second-order valence-corrected chi connectivity index (χ2v) is 9.88. The maximum atomic E-state index is 12.8. The first-order valence-corrected chi connectivity index (χ1v) is 11.8. The van der Waals surface area contributed by atoms with E-state index in [0.717, 1.165) is 25.7 Å². The molecule has 3 heterocycles. The van der Waals surface area contributed by atoms with Crippen molar-refractivity contribution in [3.63, 3.8) is 0 Å². The number of amides is 1. The van der Waals surface area contributed by atoms with Crippen LogP contribution in [0.25, 0.3) is 0 Å². The second-order valence-electron chi connectivity index (χ2n) is 7.67. The van der Waals surface area contributed by atoms with Crippen molar-refractivity contribution in [2.45, 2.75) is 37.9 Å². The average Bonchev–Trinajstić information content (AvgIpc) is 3.31. The van der Waals surface area contributed by atoms with Gasteiger partial charge in [-0.05, 0) is 31.9 Å². The van der Waals surface area contributed by atoms with Crippen LogP contribution in [0, 0.1) is 6.92 Å². The largest absolute Gasteiger partial charge is 0.353 e. The molecule has 1 N–H and O–H groups in total. The van der Waals surface area contributed by atoms with Crippen molar-refractivity contribution in [3.05, 3.63) is 42.0 Å². The number of nitrogens with zero attached hydrogens (tertiary/aromatic N) is 5. The fourth-order valence-corrected chi connectivity index (χ4v) is 6.01. The highest BCUT2D eigenvalue weighted by molar-refractivity contribution is 7.89. The third-order valence-electron chi connectivity index (χ3n) is 5.71. The second kappa shape index (κ2) is 8.65. The molecule has 2 aromatic rings. The van der Waals surface area contributed by atoms with E-state index in [4.69, 9.17) is 0 Å². The summed E-state index contributed by atoms with van der Waals surface area (Å²) < 4.78 is 27.2. The molecule has 0 radical (unpaired) electrons. The molecular weight excluding hydrogens is 404 g/mol. The van der Waals surface area contributed by atoms with Crippen molar-refractivity contribution in [2.75, 3.05) is 36.4 Å². The van der Waals surface area contributed by atoms with Crippen LogP contribution in [0.15, 0.2) is 30.6 Å². The molecule has 0 bridgehead atoms. The molecule has 0 unspecified atom stereocenters. The van der Waals surface area contributed by atoms with Crippen molar-refractivity contribution >= 4 is 27.6 Å². The zero-order chi connectivity index (χ0) is 21.1. The summed E-state index contributed by atoms with van der Waals surface area (Å²) in [6.07, 6.45) is 6.75. The molecule has 1 aliphatic carbocycles. The van der Waals surface area contributed by atoms with Gasteiger partial charge in [0.05, 0.1) is 17.1 Å². The highest BCUT2D eigenvalue weighted by atomic mass is 32.2. The standard InChI is InChI=1S/C20H26N6O3S.2H2/c1-15-19(20(27)23-17-8-4-5-9-21-17)24-18(14-22-15)25-10-12-26(13-11-25)30(28,29)16-6-2-3-7-16;;/h4-5,8-9,14,16H,2-3,6-7,10-13H2,1H3,(H,21,23,27);2*1H. The molecule has 2 aromatic heterocycles. The third-order valence-corrected chi connectivity index (χ3v) is 8.11. The lowest BCUT2D eigenvalue weighted by Gasteiger charge is -2.35. The van der Waals surface area contributed by atoms with Gasteiger partial charge in [0.1, 0.15) is 11.6 Å². The van der Waals surface area contributed by atoms with Crippen LogP contribution in [0.5, 0.6) is 0 Å². The number of hydrogen-bond donors (Lipinski definition) is 1. The number of rotatable bonds is 5. The van der Waals surface area contributed by atoms with Crippen LogP contribution in [-0.2, 0) is 10.0 Å². The Morgan fingerprint density at radius 1 is 1.13 bits per heavy atom. The lowest BCUT2D eigenvalue weighted by atomic mass is 10.3. The SMILES string of the molecule is Cc1ncc(N2CCN(S(=O)(=O)C3CCCC3)CC2)nc1C(=O)Nc1ccccn1.[HH].[HH]. The third kappa shape index (κ3) is 4.29. The maximum Gasteiger partial charge on any atom is 0.277 e. The Bertz CT molecular complexity index is 1010. The molecule has 0 atom stereocenters. The van der Waals surface area contributed by atoms with Crippen LogP contribution in [-0.4, -0.2) is 65.0 Å². The first kappa shape index (κ1) is 20.7. The van der Waals surface area contributed by atoms with E-state index in [-0.39, 0.29) is 19.7 Å². The summed E-state index contributed by atoms with van der Waals surface area (Å²) in [6.45, 7) is 3.61. The number of pyridine rings is 1. The molecule has 164 valence electrons. The minimum atomic E-state index is -3.23. The van der Waals surface area contributed by atoms with Gasteiger partial charge < -0.3 is 10.2 Å². The Kier molecular flexibility index (Phi) is 5.96. The number of piperazine rings is 1. The van der Waals surface area contributed by atoms with Gasteiger partial charge in [0.25, 0.3) is 5.91 Å². The molecule has 0 aromatic carbocycles. The first-order valence-electron chi connectivity index (χ1n) is 10.2. The minimum Gasteiger partial charge on any atom is -0.353 e. The molecule has 1 amide bonds. The van der Waals surface area contributed by atoms with Gasteiger partial charge in [-0.25, -0.2) is 18.4 Å². The zero-order valence-electron chi connectivity index (χ0n) is 17.0. The predicted octanol–water partition coefficient (Wildman–Crippen LogP) is 2.32. The number of aromatic nitrogens is 3. The number of aryl methyl sites for hydroxylation is 1. The maximum absolute atomic E-state index is 12.8. The lowest BCUT2D eigenvalue weighted by molar-refractivity contribution is 0.102. The van der Waals surface area contributed by atoms with E-state index in [1.807, 2.05) is 4.90 Å². The molecule has 4 rings (SSSR count). The highest BCUT2D eigenvalue weighted by Crippen LogP contribution is 2.28. The number of carbonyl (C=O) groups is 1. The van der Waals surface area contributed by atoms with E-state index in [2.05, 4.69) is 20.3 Å². The van der Waals surface area contributed by atoms with Gasteiger partial charge >= 0.3 is 0 Å². The monoisotopic (exact) mass is 434 g/mol. The van der Waals surface area contributed by atoms with Crippen molar-refractivity contribution < 1.29 is 16.1 Å². The van der Waals surface area contributed by atoms with Gasteiger partial charge in [-0.2, -0.15) is 4.31 Å². The number of sulfonamides is 1. The van der Waals surface area contributed by atoms with Crippen molar-refractivity contribution in [3.8, 4) is 0 Å². The van der Waals surface area contributed by atoms with Crippen LogP contribution < -0.4 is 10.2 Å². The molecule has 9 nitrogen and oxygen atoms in total. The van der Waals surface area contributed by atoms with Crippen LogP contribution in [0.1, 0.15) is 44.7 Å². The van der Waals surface area contributed by atoms with Crippen molar-refractivity contribution in [2.24, 2.45) is 0 Å². The molecule has 10 heteroatoms. The molecule has 0 spiro atoms. The normalized spacial score (nSPS) is 18.5. The van der Waals surface area contributed by atoms with Crippen LogP contribution in [0.3, 0.4) is 0 Å². The number of anilines is 2. The Labute approximate surface area is 179 Å². The van der Waals surface area contributed by atoms with Gasteiger partial charge in [-0.15, -0.1) is 0 Å². The lowest BCUT2D eigenvalue weighted by Crippen LogP contribution is -2.51. The van der Waals surface area contributed by atoms with Gasteiger partial charge in [0, 0.05) is 35.2 Å². The average molecular weight is 435 g/mol. The quantitative estimate of drug-likeness (QED) is 0.769. The van der Waals surface area contributed by atoms with Gasteiger partial charge in [0.2, 0.25) is 10.0 Å². The summed E-state index contributed by atoms with van der Waals surface area (Å²) in [7, 11) is -3.23. The van der Waals surface area contributed by atoms with Gasteiger partial charge in [-0.1, -0.05) is 18.9 Å². The number of carbonyl (C=O) groups excluding carboxylic acids is 1. The summed E-state index contributed by atoms with van der Waals surface area (Å²) in [5, 5.41) is 2.50. The fourth-order valence-electron chi connectivity index (χ4n) is 3.99. The Balaban J connectivity index is 0.00000181. The summed E-state index contributed by atoms with van der Waals surface area (Å²) in [6, 6.07) is 5.26. The first-order chi connectivity index (χ1) is 14.4. The topological polar surface area (TPSA) is 108 Å². The molecule has 30 heavy (non-hydrogen) atoms. The summed E-state index contributed by atoms with van der Waals surface area (Å²) in [5.41, 5.74) is 0.758. The molecule has 2 aliphatic rings. The summed E-state index contributed by atoms with van der Waals surface area (Å²) in [5.74, 6) is 0.646. The van der Waals surface area contributed by atoms with Crippen LogP contribution in [0.2, 0.25) is 0 Å². The van der Waals surface area contributed by atoms with Gasteiger partial charge in [0.15, 0.2) is 5.69 Å². The predicted molar refractivity (Wildman–Crippen MR) is 118 cm³/mol. The van der Waals surface area contributed by atoms with Crippen molar-refractivity contribution in [1.29, 1.82) is 0 Å². The molecule has 2 fully saturated rings. The van der Waals surface area contributed by atoms with E-state index in [0.29, 0.717) is 43.5 Å². The Hall–Kier alpha value is -2.59. The smallest absolute Gasteiger partial charge is 0.277 e. The number of nitrogens with one attached hydrogen (secondary N) is 1. The fraction of sp³-hybridized carbons (Fsp3) is 0.500. The zero-order valence-corrected chi connectivity index (χ0v) is 17.8. The highest BCUT2D eigenvalue weighted by Gasteiger charge is 2.36. The Morgan fingerprint density at radius 3 is 2.53 bits per heavy atom. The summed E-state index contributed by atoms with van der Waals surface area (Å²) in [4.78, 5) is 27.6. The van der Waals surface area contributed by atoms with E-state index < -0.39 is 10.0 Å². The summed E-state index contributed by atoms with van der Waals surface area (Å²) >= 11 is 0. The van der Waals surface area contributed by atoms with E-state index in [9.17, 15) is 13.2 Å². The van der Waals surface area contributed by atoms with E-state index >= 15 is 0 Å². The molecule has 1 aliphatic heterocycles. The van der Waals surface area contributed by atoms with Crippen LogP contribution in [0.4, 0.5) is 11.6 Å². The molecule has 1 saturated heterocycles. The van der Waals surface area contributed by atoms with E-state index in [1.165, 1.54) is 0 Å². The molecule has 1 saturated carbocycles. The van der Waals surface area contributed by atoms with Crippen molar-refractivity contribution in [1.82, 2.24) is 19.3 Å². The van der Waals surface area contributed by atoms with Gasteiger partial charge in [-0.3, -0.25) is 9.78 Å². The Morgan fingerprint density at radius 2 is 1.87 bits per heavy atom.